The van der Waals surface area contributed by atoms with Crippen LogP contribution in [0.15, 0.2) is 24.5 Å². The van der Waals surface area contributed by atoms with Crippen LogP contribution in [0.3, 0.4) is 0 Å². The second-order valence-corrected chi connectivity index (χ2v) is 10.4. The van der Waals surface area contributed by atoms with Gasteiger partial charge in [-0.05, 0) is 89.2 Å². The van der Waals surface area contributed by atoms with Crippen LogP contribution in [-0.4, -0.2) is 53.1 Å². The molecule has 1 saturated carbocycles. The fourth-order valence-electron chi connectivity index (χ4n) is 4.98. The van der Waals surface area contributed by atoms with Crippen molar-refractivity contribution in [3.05, 3.63) is 40.8 Å². The highest BCUT2D eigenvalue weighted by molar-refractivity contribution is 7.20. The predicted molar refractivity (Wildman–Crippen MR) is 137 cm³/mol. The number of rotatable bonds is 9. The molecular formula is C26H32FN5O2S. The number of likely N-dealkylation sites (tertiary alicyclic amines) is 1. The molecule has 1 saturated heterocycles. The van der Waals surface area contributed by atoms with Gasteiger partial charge < -0.3 is 20.3 Å². The van der Waals surface area contributed by atoms with Crippen LogP contribution in [-0.2, 0) is 0 Å². The molecule has 1 aliphatic heterocycles. The van der Waals surface area contributed by atoms with E-state index in [1.165, 1.54) is 55.7 Å². The van der Waals surface area contributed by atoms with Crippen molar-refractivity contribution in [1.82, 2.24) is 20.2 Å². The van der Waals surface area contributed by atoms with E-state index >= 15 is 0 Å². The van der Waals surface area contributed by atoms with Gasteiger partial charge in [-0.25, -0.2) is 14.4 Å². The zero-order valence-corrected chi connectivity index (χ0v) is 20.9. The number of nitrogens with zero attached hydrogens (tertiary/aromatic N) is 3. The molecule has 1 amide bonds. The lowest BCUT2D eigenvalue weighted by molar-refractivity contribution is 0.0955. The van der Waals surface area contributed by atoms with Gasteiger partial charge >= 0.3 is 0 Å². The number of hydrogen-bond acceptors (Lipinski definition) is 7. The van der Waals surface area contributed by atoms with Gasteiger partial charge in [0.15, 0.2) is 0 Å². The Hall–Kier alpha value is -2.78. The lowest BCUT2D eigenvalue weighted by atomic mass is 10.2. The van der Waals surface area contributed by atoms with Crippen LogP contribution in [0.4, 0.5) is 15.9 Å². The Labute approximate surface area is 209 Å². The fraction of sp³-hybridized carbons (Fsp3) is 0.500. The van der Waals surface area contributed by atoms with E-state index in [9.17, 15) is 9.18 Å². The van der Waals surface area contributed by atoms with Crippen LogP contribution < -0.4 is 15.4 Å². The fourth-order valence-corrected chi connectivity index (χ4v) is 6.05. The van der Waals surface area contributed by atoms with Crippen LogP contribution in [0.2, 0.25) is 0 Å². The SMILES string of the molecule is Cc1c(C(=O)NCCCN2CCCC2)sc2ncnc(Nc3ccc(F)cc3OC3CCCC3)c12. The first kappa shape index (κ1) is 23.9. The lowest BCUT2D eigenvalue weighted by Gasteiger charge is -2.17. The minimum atomic E-state index is -0.341. The van der Waals surface area contributed by atoms with E-state index in [4.69, 9.17) is 4.74 Å². The van der Waals surface area contributed by atoms with E-state index in [1.807, 2.05) is 6.92 Å². The molecule has 2 fully saturated rings. The number of thiophene rings is 1. The highest BCUT2D eigenvalue weighted by atomic mass is 32.1. The molecule has 5 rings (SSSR count). The van der Waals surface area contributed by atoms with E-state index in [0.717, 1.165) is 54.4 Å². The van der Waals surface area contributed by atoms with Crippen LogP contribution in [0, 0.1) is 12.7 Å². The van der Waals surface area contributed by atoms with Crippen molar-refractivity contribution in [1.29, 1.82) is 0 Å². The first-order valence-corrected chi connectivity index (χ1v) is 13.4. The van der Waals surface area contributed by atoms with Crippen molar-refractivity contribution in [2.75, 3.05) is 31.5 Å². The number of benzene rings is 1. The Morgan fingerprint density at radius 1 is 1.20 bits per heavy atom. The number of anilines is 2. The third kappa shape index (κ3) is 5.56. The highest BCUT2D eigenvalue weighted by Gasteiger charge is 2.22. The minimum Gasteiger partial charge on any atom is -0.488 e. The molecule has 3 aromatic rings. The number of ether oxygens (including phenoxy) is 1. The van der Waals surface area contributed by atoms with Crippen molar-refractivity contribution in [2.24, 2.45) is 0 Å². The van der Waals surface area contributed by atoms with Gasteiger partial charge in [-0.1, -0.05) is 0 Å². The summed E-state index contributed by atoms with van der Waals surface area (Å²) < 4.78 is 20.1. The van der Waals surface area contributed by atoms with Crippen molar-refractivity contribution in [3.63, 3.8) is 0 Å². The second-order valence-electron chi connectivity index (χ2n) is 9.41. The molecule has 0 atom stereocenters. The van der Waals surface area contributed by atoms with Crippen molar-refractivity contribution in [2.45, 2.75) is 58.0 Å². The molecule has 2 aromatic heterocycles. The van der Waals surface area contributed by atoms with E-state index in [1.54, 1.807) is 6.07 Å². The van der Waals surface area contributed by atoms with Gasteiger partial charge in [-0.3, -0.25) is 4.79 Å². The number of aryl methyl sites for hydroxylation is 1. The summed E-state index contributed by atoms with van der Waals surface area (Å²) in [5, 5.41) is 7.19. The second kappa shape index (κ2) is 10.9. The number of amides is 1. The van der Waals surface area contributed by atoms with Crippen LogP contribution in [0.25, 0.3) is 10.2 Å². The quantitative estimate of drug-likeness (QED) is 0.385. The summed E-state index contributed by atoms with van der Waals surface area (Å²) in [6.07, 6.45) is 9.30. The Bertz CT molecular complexity index is 1190. The molecule has 0 radical (unpaired) electrons. The average molecular weight is 498 g/mol. The summed E-state index contributed by atoms with van der Waals surface area (Å²) in [4.78, 5) is 25.6. The minimum absolute atomic E-state index is 0.0788. The number of halogens is 1. The topological polar surface area (TPSA) is 79.4 Å². The predicted octanol–water partition coefficient (Wildman–Crippen LogP) is 5.42. The molecule has 186 valence electrons. The largest absolute Gasteiger partial charge is 0.488 e. The molecule has 0 spiro atoms. The normalized spacial score (nSPS) is 16.7. The molecule has 0 bridgehead atoms. The Kier molecular flexibility index (Phi) is 7.43. The maximum Gasteiger partial charge on any atom is 0.261 e. The molecule has 2 aliphatic rings. The first-order valence-electron chi connectivity index (χ1n) is 12.6. The molecule has 3 heterocycles. The van der Waals surface area contributed by atoms with Crippen LogP contribution in [0.5, 0.6) is 5.75 Å². The summed E-state index contributed by atoms with van der Waals surface area (Å²) in [6.45, 7) is 5.93. The van der Waals surface area contributed by atoms with Crippen LogP contribution >= 0.6 is 11.3 Å². The van der Waals surface area contributed by atoms with Crippen molar-refractivity contribution < 1.29 is 13.9 Å². The highest BCUT2D eigenvalue weighted by Crippen LogP contribution is 2.37. The smallest absolute Gasteiger partial charge is 0.261 e. The van der Waals surface area contributed by atoms with E-state index in [-0.39, 0.29) is 17.8 Å². The standard InChI is InChI=1S/C26H32FN5O2S/c1-17-22-24(31-20-10-9-18(27)15-21(20)34-19-7-2-3-8-19)29-16-30-26(22)35-23(17)25(33)28-11-6-14-32-12-4-5-13-32/h9-10,15-16,19H,2-8,11-14H2,1H3,(H,28,33)(H,29,30,31). The Morgan fingerprint density at radius 3 is 2.80 bits per heavy atom. The molecule has 9 heteroatoms. The van der Waals surface area contributed by atoms with Gasteiger partial charge in [0.25, 0.3) is 5.91 Å². The van der Waals surface area contributed by atoms with Gasteiger partial charge in [-0.2, -0.15) is 0 Å². The molecular weight excluding hydrogens is 465 g/mol. The monoisotopic (exact) mass is 497 g/mol. The maximum absolute atomic E-state index is 14.0. The number of nitrogens with one attached hydrogen (secondary N) is 2. The zero-order valence-electron chi connectivity index (χ0n) is 20.1. The summed E-state index contributed by atoms with van der Waals surface area (Å²) >= 11 is 1.37. The molecule has 1 aliphatic carbocycles. The zero-order chi connectivity index (χ0) is 24.2. The van der Waals surface area contributed by atoms with Gasteiger partial charge in [-0.15, -0.1) is 11.3 Å². The van der Waals surface area contributed by atoms with Gasteiger partial charge in [0, 0.05) is 12.6 Å². The van der Waals surface area contributed by atoms with Gasteiger partial charge in [0.2, 0.25) is 0 Å². The summed E-state index contributed by atoms with van der Waals surface area (Å²) in [5.74, 6) is 0.643. The number of carbonyl (C=O) groups excluding carboxylic acids is 1. The van der Waals surface area contributed by atoms with Crippen LogP contribution in [0.1, 0.15) is 60.2 Å². The van der Waals surface area contributed by atoms with E-state index in [0.29, 0.717) is 28.7 Å². The molecule has 7 nitrogen and oxygen atoms in total. The van der Waals surface area contributed by atoms with Crippen molar-refractivity contribution >= 4 is 39.0 Å². The lowest BCUT2D eigenvalue weighted by Crippen LogP contribution is -2.28. The van der Waals surface area contributed by atoms with Gasteiger partial charge in [0.05, 0.1) is 22.1 Å². The molecule has 0 unspecified atom stereocenters. The van der Waals surface area contributed by atoms with Crippen molar-refractivity contribution in [3.8, 4) is 5.75 Å². The molecule has 1 aromatic carbocycles. The number of fused-ring (bicyclic) bond motifs is 1. The maximum atomic E-state index is 14.0. The number of aromatic nitrogens is 2. The number of hydrogen-bond donors (Lipinski definition) is 2. The van der Waals surface area contributed by atoms with E-state index < -0.39 is 0 Å². The van der Waals surface area contributed by atoms with E-state index in [2.05, 4.69) is 25.5 Å². The third-order valence-electron chi connectivity index (χ3n) is 6.86. The molecule has 2 N–H and O–H groups in total. The third-order valence-corrected chi connectivity index (χ3v) is 8.06. The Balaban J connectivity index is 1.32. The molecule has 35 heavy (non-hydrogen) atoms. The number of carbonyl (C=O) groups is 1. The summed E-state index contributed by atoms with van der Waals surface area (Å²) in [6, 6.07) is 4.49. The summed E-state index contributed by atoms with van der Waals surface area (Å²) in [7, 11) is 0. The average Bonchev–Trinajstić information content (AvgIpc) is 3.61. The summed E-state index contributed by atoms with van der Waals surface area (Å²) in [5.41, 5.74) is 1.49. The van der Waals surface area contributed by atoms with Gasteiger partial charge in [0.1, 0.15) is 28.5 Å². The Morgan fingerprint density at radius 2 is 2.00 bits per heavy atom. The first-order chi connectivity index (χ1) is 17.1.